The molecule has 0 aromatic rings. The largest absolute Gasteiger partial charge is 0.381 e. The van der Waals surface area contributed by atoms with Crippen LogP contribution in [-0.2, 0) is 4.79 Å². The van der Waals surface area contributed by atoms with Gasteiger partial charge in [0.1, 0.15) is 5.60 Å². The second-order valence-corrected chi connectivity index (χ2v) is 4.91. The predicted octanol–water partition coefficient (Wildman–Crippen LogP) is 1.97. The maximum Gasteiger partial charge on any atom is 0.190 e. The van der Waals surface area contributed by atoms with Gasteiger partial charge < -0.3 is 5.11 Å². The minimum atomic E-state index is -0.963. The molecule has 3 aliphatic rings. The molecule has 3 aliphatic carbocycles. The third kappa shape index (κ3) is 0.876. The van der Waals surface area contributed by atoms with Crippen LogP contribution in [0.25, 0.3) is 0 Å². The molecule has 0 spiro atoms. The van der Waals surface area contributed by atoms with E-state index in [0.717, 1.165) is 37.7 Å². The van der Waals surface area contributed by atoms with Gasteiger partial charge in [-0.3, -0.25) is 4.79 Å². The molecule has 0 saturated heterocycles. The normalized spacial score (nSPS) is 41.5. The topological polar surface area (TPSA) is 37.3 Å². The van der Waals surface area contributed by atoms with Crippen molar-refractivity contribution >= 4 is 5.78 Å². The average Bonchev–Trinajstić information content (AvgIpc) is 2.67. The molecule has 2 heteroatoms. The lowest BCUT2D eigenvalue weighted by Crippen LogP contribution is -2.37. The molecule has 0 aliphatic heterocycles. The predicted molar refractivity (Wildman–Crippen MR) is 52.8 cm³/mol. The van der Waals surface area contributed by atoms with Gasteiger partial charge in [0.05, 0.1) is 0 Å². The van der Waals surface area contributed by atoms with E-state index >= 15 is 0 Å². The number of hydrogen-bond acceptors (Lipinski definition) is 2. The summed E-state index contributed by atoms with van der Waals surface area (Å²) in [5.74, 6) is 0.278. The van der Waals surface area contributed by atoms with Crippen LogP contribution < -0.4 is 0 Å². The first-order valence-electron chi connectivity index (χ1n) is 5.72. The van der Waals surface area contributed by atoms with Crippen molar-refractivity contribution < 1.29 is 9.90 Å². The zero-order chi connectivity index (χ0) is 9.76. The molecule has 0 aromatic carbocycles. The van der Waals surface area contributed by atoms with Gasteiger partial charge in [-0.15, -0.1) is 0 Å². The number of Topliss-reactive ketones (excluding diaryl/α,β-unsaturated/α-hetero) is 1. The van der Waals surface area contributed by atoms with Gasteiger partial charge in [0.2, 0.25) is 0 Å². The Hall–Kier alpha value is -0.630. The van der Waals surface area contributed by atoms with Gasteiger partial charge in [0, 0.05) is 5.92 Å². The van der Waals surface area contributed by atoms with Crippen molar-refractivity contribution in [2.45, 2.75) is 50.5 Å². The van der Waals surface area contributed by atoms with E-state index < -0.39 is 5.60 Å². The summed E-state index contributed by atoms with van der Waals surface area (Å²) in [6.45, 7) is 0. The van der Waals surface area contributed by atoms with Crippen LogP contribution in [-0.4, -0.2) is 16.5 Å². The molecule has 2 atom stereocenters. The molecule has 0 bridgehead atoms. The fraction of sp³-hybridized carbons (Fsp3) is 0.750. The first-order valence-corrected chi connectivity index (χ1v) is 5.72. The van der Waals surface area contributed by atoms with Crippen LogP contribution in [0.15, 0.2) is 11.1 Å². The van der Waals surface area contributed by atoms with Crippen molar-refractivity contribution in [3.8, 4) is 0 Å². The molecule has 14 heavy (non-hydrogen) atoms. The van der Waals surface area contributed by atoms with Crippen molar-refractivity contribution in [2.24, 2.45) is 5.92 Å². The van der Waals surface area contributed by atoms with Crippen molar-refractivity contribution in [3.05, 3.63) is 11.1 Å². The van der Waals surface area contributed by atoms with Gasteiger partial charge in [-0.1, -0.05) is 5.57 Å². The molecule has 3 rings (SSSR count). The van der Waals surface area contributed by atoms with Crippen molar-refractivity contribution in [3.63, 3.8) is 0 Å². The smallest absolute Gasteiger partial charge is 0.190 e. The fourth-order valence-electron chi connectivity index (χ4n) is 3.56. The summed E-state index contributed by atoms with van der Waals surface area (Å²) < 4.78 is 0. The highest BCUT2D eigenvalue weighted by Gasteiger charge is 2.55. The van der Waals surface area contributed by atoms with E-state index in [0.29, 0.717) is 6.42 Å². The molecule has 0 unspecified atom stereocenters. The standard InChI is InChI=1S/C12H16O2/c13-11-9-5-2-1-4-8(9)10-6-3-7-12(10,11)14/h10,14H,1-7H2/t10-,12+/m0/s1. The average molecular weight is 192 g/mol. The number of carbonyl (C=O) groups excluding carboxylic acids is 1. The van der Waals surface area contributed by atoms with Gasteiger partial charge in [0.25, 0.3) is 0 Å². The van der Waals surface area contributed by atoms with Gasteiger partial charge in [-0.05, 0) is 50.5 Å². The van der Waals surface area contributed by atoms with Crippen LogP contribution in [0.3, 0.4) is 0 Å². The Labute approximate surface area is 84.0 Å². The highest BCUT2D eigenvalue weighted by atomic mass is 16.3. The SMILES string of the molecule is O=C1C2=C(CCCC2)[C@@H]2CCC[C@]12O. The fourth-order valence-corrected chi connectivity index (χ4v) is 3.56. The summed E-state index contributed by atoms with van der Waals surface area (Å²) in [6.07, 6.45) is 7.07. The Bertz CT molecular complexity index is 329. The zero-order valence-corrected chi connectivity index (χ0v) is 8.38. The Kier molecular flexibility index (Phi) is 1.67. The second kappa shape index (κ2) is 2.69. The highest BCUT2D eigenvalue weighted by Crippen LogP contribution is 2.52. The van der Waals surface area contributed by atoms with Crippen molar-refractivity contribution in [2.75, 3.05) is 0 Å². The Morgan fingerprint density at radius 2 is 2.00 bits per heavy atom. The Morgan fingerprint density at radius 1 is 1.21 bits per heavy atom. The zero-order valence-electron chi connectivity index (χ0n) is 8.38. The molecule has 0 aromatic heterocycles. The molecule has 0 radical (unpaired) electrons. The number of rotatable bonds is 0. The third-order valence-corrected chi connectivity index (χ3v) is 4.23. The number of fused-ring (bicyclic) bond motifs is 2. The van der Waals surface area contributed by atoms with Crippen LogP contribution in [0.4, 0.5) is 0 Å². The first kappa shape index (κ1) is 8.66. The van der Waals surface area contributed by atoms with Gasteiger partial charge in [0.15, 0.2) is 5.78 Å². The number of ketones is 1. The van der Waals surface area contributed by atoms with E-state index in [1.54, 1.807) is 0 Å². The van der Waals surface area contributed by atoms with Crippen LogP contribution in [0.5, 0.6) is 0 Å². The second-order valence-electron chi connectivity index (χ2n) is 4.91. The van der Waals surface area contributed by atoms with Crippen molar-refractivity contribution in [1.82, 2.24) is 0 Å². The van der Waals surface area contributed by atoms with Crippen LogP contribution >= 0.6 is 0 Å². The van der Waals surface area contributed by atoms with E-state index in [-0.39, 0.29) is 11.7 Å². The maximum absolute atomic E-state index is 12.0. The van der Waals surface area contributed by atoms with E-state index in [1.807, 2.05) is 0 Å². The van der Waals surface area contributed by atoms with E-state index in [9.17, 15) is 9.90 Å². The highest BCUT2D eigenvalue weighted by molar-refractivity contribution is 6.06. The summed E-state index contributed by atoms with van der Waals surface area (Å²) in [5.41, 5.74) is 1.36. The molecule has 76 valence electrons. The molecular weight excluding hydrogens is 176 g/mol. The van der Waals surface area contributed by atoms with E-state index in [2.05, 4.69) is 0 Å². The molecule has 0 heterocycles. The Balaban J connectivity index is 2.07. The van der Waals surface area contributed by atoms with Crippen molar-refractivity contribution in [1.29, 1.82) is 0 Å². The number of carbonyl (C=O) groups is 1. The van der Waals surface area contributed by atoms with Crippen LogP contribution in [0, 0.1) is 5.92 Å². The first-order chi connectivity index (χ1) is 6.73. The molecular formula is C12H16O2. The number of hydrogen-bond donors (Lipinski definition) is 1. The minimum absolute atomic E-state index is 0.0784. The summed E-state index contributed by atoms with van der Waals surface area (Å²) in [6, 6.07) is 0. The van der Waals surface area contributed by atoms with E-state index in [4.69, 9.17) is 0 Å². The summed E-state index contributed by atoms with van der Waals surface area (Å²) in [4.78, 5) is 12.0. The summed E-state index contributed by atoms with van der Waals surface area (Å²) in [5, 5.41) is 10.3. The maximum atomic E-state index is 12.0. The lowest BCUT2D eigenvalue weighted by molar-refractivity contribution is -0.133. The number of aliphatic hydroxyl groups is 1. The Morgan fingerprint density at radius 3 is 2.86 bits per heavy atom. The van der Waals surface area contributed by atoms with Gasteiger partial charge >= 0.3 is 0 Å². The van der Waals surface area contributed by atoms with Crippen LogP contribution in [0.2, 0.25) is 0 Å². The third-order valence-electron chi connectivity index (χ3n) is 4.23. The minimum Gasteiger partial charge on any atom is -0.381 e. The van der Waals surface area contributed by atoms with E-state index in [1.165, 1.54) is 12.0 Å². The summed E-state index contributed by atoms with van der Waals surface area (Å²) in [7, 11) is 0. The van der Waals surface area contributed by atoms with Gasteiger partial charge in [-0.2, -0.15) is 0 Å². The molecule has 0 amide bonds. The molecule has 1 N–H and O–H groups in total. The molecule has 2 nitrogen and oxygen atoms in total. The lowest BCUT2D eigenvalue weighted by Gasteiger charge is -2.22. The van der Waals surface area contributed by atoms with Gasteiger partial charge in [-0.25, -0.2) is 0 Å². The molecule has 1 saturated carbocycles. The molecule has 1 fully saturated rings. The summed E-state index contributed by atoms with van der Waals surface area (Å²) >= 11 is 0. The quantitative estimate of drug-likeness (QED) is 0.637. The monoisotopic (exact) mass is 192 g/mol. The lowest BCUT2D eigenvalue weighted by atomic mass is 9.87. The van der Waals surface area contributed by atoms with Crippen LogP contribution in [0.1, 0.15) is 44.9 Å².